The molecule has 24 heavy (non-hydrogen) atoms. The zero-order chi connectivity index (χ0) is 18.5. The van der Waals surface area contributed by atoms with E-state index < -0.39 is 35.3 Å². The summed E-state index contributed by atoms with van der Waals surface area (Å²) in [5.74, 6) is -2.95. The molecule has 3 unspecified atom stereocenters. The van der Waals surface area contributed by atoms with Crippen LogP contribution >= 0.6 is 0 Å². The fraction of sp³-hybridized carbons (Fsp3) is 0.833. The van der Waals surface area contributed by atoms with Crippen LogP contribution in [0.25, 0.3) is 0 Å². The average Bonchev–Trinajstić information content (AvgIpc) is 2.52. The molecule has 0 heterocycles. The Kier molecular flexibility index (Phi) is 7.24. The quantitative estimate of drug-likeness (QED) is 0.715. The topological polar surface area (TPSA) is 89.9 Å². The minimum Gasteiger partial charge on any atom is -0.481 e. The molecule has 0 aromatic carbocycles. The van der Waals surface area contributed by atoms with Crippen molar-refractivity contribution in [1.29, 1.82) is 0 Å². The van der Waals surface area contributed by atoms with Crippen molar-refractivity contribution in [2.45, 2.75) is 66.4 Å². The molecule has 0 bridgehead atoms. The number of aliphatic carboxylic acids is 1. The van der Waals surface area contributed by atoms with Gasteiger partial charge in [0, 0.05) is 0 Å². The van der Waals surface area contributed by atoms with Crippen LogP contribution in [0.4, 0.5) is 0 Å². The van der Waals surface area contributed by atoms with Gasteiger partial charge in [0.2, 0.25) is 0 Å². The van der Waals surface area contributed by atoms with Gasteiger partial charge in [-0.2, -0.15) is 0 Å². The number of hydrogen-bond acceptors (Lipinski definition) is 5. The summed E-state index contributed by atoms with van der Waals surface area (Å²) in [5, 5.41) is 9.23. The predicted octanol–water partition coefficient (Wildman–Crippen LogP) is 3.03. The third-order valence-electron chi connectivity index (χ3n) is 5.12. The molecule has 0 amide bonds. The van der Waals surface area contributed by atoms with E-state index in [0.29, 0.717) is 12.8 Å². The average molecular weight is 342 g/mol. The van der Waals surface area contributed by atoms with Gasteiger partial charge in [0.1, 0.15) is 12.7 Å². The van der Waals surface area contributed by atoms with Crippen molar-refractivity contribution in [3.63, 3.8) is 0 Å². The molecule has 0 aromatic rings. The van der Waals surface area contributed by atoms with Crippen molar-refractivity contribution < 1.29 is 29.0 Å². The van der Waals surface area contributed by atoms with Gasteiger partial charge in [-0.25, -0.2) is 0 Å². The minimum absolute atomic E-state index is 0.0226. The Morgan fingerprint density at radius 3 is 2.12 bits per heavy atom. The smallest absolute Gasteiger partial charge is 0.311 e. The van der Waals surface area contributed by atoms with E-state index in [2.05, 4.69) is 0 Å². The summed E-state index contributed by atoms with van der Waals surface area (Å²) in [6, 6.07) is 0. The Labute approximate surface area is 143 Å². The molecule has 0 saturated heterocycles. The number of carboxylic acid groups (broad SMARTS) is 1. The van der Waals surface area contributed by atoms with E-state index in [9.17, 15) is 19.5 Å². The maximum Gasteiger partial charge on any atom is 0.311 e. The van der Waals surface area contributed by atoms with Crippen molar-refractivity contribution in [3.05, 3.63) is 0 Å². The van der Waals surface area contributed by atoms with E-state index in [1.54, 1.807) is 6.92 Å². The molecule has 6 nitrogen and oxygen atoms in total. The van der Waals surface area contributed by atoms with Gasteiger partial charge in [-0.1, -0.05) is 26.7 Å². The van der Waals surface area contributed by atoms with Gasteiger partial charge < -0.3 is 14.6 Å². The SMILES string of the molecule is CC(COC(=O)C(C)(C)C(C)C)OC(=O)C1CCCCC1C(=O)O. The van der Waals surface area contributed by atoms with Gasteiger partial charge in [-0.3, -0.25) is 14.4 Å². The molecule has 1 rings (SSSR count). The van der Waals surface area contributed by atoms with Gasteiger partial charge >= 0.3 is 17.9 Å². The second-order valence-corrected chi connectivity index (χ2v) is 7.56. The lowest BCUT2D eigenvalue weighted by atomic mass is 9.79. The molecule has 1 aliphatic carbocycles. The summed E-state index contributed by atoms with van der Waals surface area (Å²) in [5.41, 5.74) is -0.610. The van der Waals surface area contributed by atoms with Gasteiger partial charge in [-0.15, -0.1) is 0 Å². The number of carbonyl (C=O) groups excluding carboxylic acids is 2. The lowest BCUT2D eigenvalue weighted by Gasteiger charge is -2.29. The standard InChI is InChI=1S/C18H30O6/c1-11(2)18(4,5)17(22)23-10-12(3)24-16(21)14-9-7-6-8-13(14)15(19)20/h11-14H,6-10H2,1-5H3,(H,19,20). The minimum atomic E-state index is -0.950. The first-order valence-corrected chi connectivity index (χ1v) is 8.67. The number of carboxylic acids is 1. The van der Waals surface area contributed by atoms with Crippen LogP contribution in [-0.2, 0) is 23.9 Å². The van der Waals surface area contributed by atoms with Crippen molar-refractivity contribution in [2.24, 2.45) is 23.2 Å². The summed E-state index contributed by atoms with van der Waals surface area (Å²) in [7, 11) is 0. The van der Waals surface area contributed by atoms with Crippen LogP contribution < -0.4 is 0 Å². The second-order valence-electron chi connectivity index (χ2n) is 7.56. The number of hydrogen-bond donors (Lipinski definition) is 1. The lowest BCUT2D eigenvalue weighted by Crippen LogP contribution is -2.37. The van der Waals surface area contributed by atoms with Crippen LogP contribution in [0.1, 0.15) is 60.3 Å². The van der Waals surface area contributed by atoms with Crippen molar-refractivity contribution >= 4 is 17.9 Å². The van der Waals surface area contributed by atoms with Gasteiger partial charge in [0.25, 0.3) is 0 Å². The highest BCUT2D eigenvalue weighted by Crippen LogP contribution is 2.31. The normalized spacial score (nSPS) is 22.8. The lowest BCUT2D eigenvalue weighted by molar-refractivity contribution is -0.170. The Bertz CT molecular complexity index is 468. The van der Waals surface area contributed by atoms with E-state index in [1.165, 1.54) is 0 Å². The zero-order valence-corrected chi connectivity index (χ0v) is 15.3. The first kappa shape index (κ1) is 20.5. The molecular formula is C18H30O6. The van der Waals surface area contributed by atoms with E-state index in [-0.39, 0.29) is 18.5 Å². The Balaban J connectivity index is 2.52. The first-order valence-electron chi connectivity index (χ1n) is 8.67. The van der Waals surface area contributed by atoms with E-state index >= 15 is 0 Å². The summed E-state index contributed by atoms with van der Waals surface area (Å²) in [6.45, 7) is 9.14. The highest BCUT2D eigenvalue weighted by atomic mass is 16.6. The van der Waals surface area contributed by atoms with Crippen LogP contribution in [-0.4, -0.2) is 35.7 Å². The Morgan fingerprint density at radius 1 is 1.08 bits per heavy atom. The maximum atomic E-state index is 12.2. The van der Waals surface area contributed by atoms with Crippen LogP contribution in [0, 0.1) is 23.2 Å². The van der Waals surface area contributed by atoms with Crippen molar-refractivity contribution in [3.8, 4) is 0 Å². The molecule has 0 spiro atoms. The molecule has 1 aliphatic rings. The summed E-state index contributed by atoms with van der Waals surface area (Å²) < 4.78 is 10.6. The number of rotatable bonds is 7. The van der Waals surface area contributed by atoms with E-state index in [4.69, 9.17) is 9.47 Å². The molecule has 1 saturated carbocycles. The third-order valence-corrected chi connectivity index (χ3v) is 5.12. The largest absolute Gasteiger partial charge is 0.481 e. The predicted molar refractivity (Wildman–Crippen MR) is 88.2 cm³/mol. The molecule has 0 radical (unpaired) electrons. The maximum absolute atomic E-state index is 12.2. The summed E-state index contributed by atoms with van der Waals surface area (Å²) >= 11 is 0. The molecule has 0 aliphatic heterocycles. The van der Waals surface area contributed by atoms with Crippen LogP contribution in [0.5, 0.6) is 0 Å². The fourth-order valence-electron chi connectivity index (χ4n) is 2.64. The number of carbonyl (C=O) groups is 3. The van der Waals surface area contributed by atoms with Crippen LogP contribution in [0.2, 0.25) is 0 Å². The van der Waals surface area contributed by atoms with Crippen LogP contribution in [0.3, 0.4) is 0 Å². The molecular weight excluding hydrogens is 312 g/mol. The monoisotopic (exact) mass is 342 g/mol. The van der Waals surface area contributed by atoms with E-state index in [1.807, 2.05) is 27.7 Å². The van der Waals surface area contributed by atoms with E-state index in [0.717, 1.165) is 12.8 Å². The molecule has 6 heteroatoms. The highest BCUT2D eigenvalue weighted by Gasteiger charge is 2.38. The van der Waals surface area contributed by atoms with Crippen LogP contribution in [0.15, 0.2) is 0 Å². The molecule has 138 valence electrons. The van der Waals surface area contributed by atoms with Gasteiger partial charge in [-0.05, 0) is 39.5 Å². The first-order chi connectivity index (χ1) is 11.1. The van der Waals surface area contributed by atoms with Gasteiger partial charge in [0.05, 0.1) is 17.3 Å². The third kappa shape index (κ3) is 5.21. The number of esters is 2. The molecule has 1 fully saturated rings. The van der Waals surface area contributed by atoms with Gasteiger partial charge in [0.15, 0.2) is 0 Å². The highest BCUT2D eigenvalue weighted by molar-refractivity contribution is 5.81. The fourth-order valence-corrected chi connectivity index (χ4v) is 2.64. The van der Waals surface area contributed by atoms with Crippen molar-refractivity contribution in [1.82, 2.24) is 0 Å². The zero-order valence-electron chi connectivity index (χ0n) is 15.3. The molecule has 1 N–H and O–H groups in total. The second kappa shape index (κ2) is 8.49. The molecule has 0 aromatic heterocycles. The Hall–Kier alpha value is -1.59. The summed E-state index contributed by atoms with van der Waals surface area (Å²) in [4.78, 5) is 35.6. The summed E-state index contributed by atoms with van der Waals surface area (Å²) in [6.07, 6.45) is 2.08. The number of ether oxygens (including phenoxy) is 2. The van der Waals surface area contributed by atoms with Crippen molar-refractivity contribution in [2.75, 3.05) is 6.61 Å². The Morgan fingerprint density at radius 2 is 1.62 bits per heavy atom. The molecule has 3 atom stereocenters.